The minimum atomic E-state index is 0.687. The Morgan fingerprint density at radius 2 is 1.81 bits per heavy atom. The molecule has 2 N–H and O–H groups in total. The Hall–Kier alpha value is -1.63. The van der Waals surface area contributed by atoms with Crippen molar-refractivity contribution in [1.82, 2.24) is 15.5 Å². The Morgan fingerprint density at radius 3 is 2.52 bits per heavy atom. The van der Waals surface area contributed by atoms with Crippen molar-refractivity contribution >= 4 is 5.96 Å². The Labute approximate surface area is 164 Å². The van der Waals surface area contributed by atoms with Gasteiger partial charge in [-0.2, -0.15) is 0 Å². The first-order valence-electron chi connectivity index (χ1n) is 10.3. The smallest absolute Gasteiger partial charge is 0.191 e. The molecule has 0 aliphatic carbocycles. The van der Waals surface area contributed by atoms with Crippen molar-refractivity contribution in [3.05, 3.63) is 35.4 Å². The summed E-state index contributed by atoms with van der Waals surface area (Å²) in [7, 11) is 0. The first-order valence-corrected chi connectivity index (χ1v) is 10.3. The SMILES string of the molecule is CCNC(=NCc1ccc(CN2CCOCC2)cc1)NCCCCOCC. The number of rotatable bonds is 11. The number of unbranched alkanes of at least 4 members (excludes halogenated alkanes) is 1. The third-order valence-corrected chi connectivity index (χ3v) is 4.51. The van der Waals surface area contributed by atoms with Crippen molar-refractivity contribution in [2.45, 2.75) is 39.8 Å². The molecule has 0 saturated carbocycles. The number of nitrogens with zero attached hydrogens (tertiary/aromatic N) is 2. The molecule has 1 aromatic rings. The molecule has 152 valence electrons. The maximum absolute atomic E-state index is 5.41. The van der Waals surface area contributed by atoms with Gasteiger partial charge in [0, 0.05) is 45.9 Å². The van der Waals surface area contributed by atoms with E-state index in [9.17, 15) is 0 Å². The van der Waals surface area contributed by atoms with Gasteiger partial charge in [-0.05, 0) is 37.8 Å². The van der Waals surface area contributed by atoms with Crippen LogP contribution in [0, 0.1) is 0 Å². The summed E-state index contributed by atoms with van der Waals surface area (Å²) in [5.74, 6) is 0.881. The monoisotopic (exact) mass is 376 g/mol. The Kier molecular flexibility index (Phi) is 10.9. The largest absolute Gasteiger partial charge is 0.382 e. The average Bonchev–Trinajstić information content (AvgIpc) is 2.70. The molecule has 0 spiro atoms. The van der Waals surface area contributed by atoms with Gasteiger partial charge in [0.1, 0.15) is 0 Å². The topological polar surface area (TPSA) is 58.1 Å². The highest BCUT2D eigenvalue weighted by atomic mass is 16.5. The second kappa shape index (κ2) is 13.5. The van der Waals surface area contributed by atoms with Crippen molar-refractivity contribution < 1.29 is 9.47 Å². The Bertz CT molecular complexity index is 527. The molecule has 0 atom stereocenters. The third-order valence-electron chi connectivity index (χ3n) is 4.51. The van der Waals surface area contributed by atoms with E-state index in [2.05, 4.69) is 46.7 Å². The van der Waals surface area contributed by atoms with Crippen LogP contribution in [0.4, 0.5) is 0 Å². The van der Waals surface area contributed by atoms with E-state index in [4.69, 9.17) is 14.5 Å². The first-order chi connectivity index (χ1) is 13.3. The number of hydrogen-bond donors (Lipinski definition) is 2. The summed E-state index contributed by atoms with van der Waals surface area (Å²) >= 11 is 0. The molecule has 0 amide bonds. The number of ether oxygens (including phenoxy) is 2. The summed E-state index contributed by atoms with van der Waals surface area (Å²) in [5, 5.41) is 6.71. The van der Waals surface area contributed by atoms with Gasteiger partial charge in [0.2, 0.25) is 0 Å². The lowest BCUT2D eigenvalue weighted by molar-refractivity contribution is 0.0342. The number of morpholine rings is 1. The van der Waals surface area contributed by atoms with Crippen LogP contribution >= 0.6 is 0 Å². The van der Waals surface area contributed by atoms with E-state index in [0.717, 1.165) is 78.0 Å². The molecule has 2 rings (SSSR count). The fourth-order valence-electron chi connectivity index (χ4n) is 2.96. The predicted molar refractivity (Wildman–Crippen MR) is 111 cm³/mol. The zero-order valence-electron chi connectivity index (χ0n) is 17.0. The molecule has 6 nitrogen and oxygen atoms in total. The fourth-order valence-corrected chi connectivity index (χ4v) is 2.96. The summed E-state index contributed by atoms with van der Waals surface area (Å²) in [6.07, 6.45) is 2.16. The summed E-state index contributed by atoms with van der Waals surface area (Å²) in [5.41, 5.74) is 2.58. The number of benzene rings is 1. The van der Waals surface area contributed by atoms with Crippen LogP contribution in [-0.4, -0.2) is 63.5 Å². The van der Waals surface area contributed by atoms with Crippen LogP contribution < -0.4 is 10.6 Å². The van der Waals surface area contributed by atoms with Crippen LogP contribution in [0.2, 0.25) is 0 Å². The molecular formula is C21H36N4O2. The van der Waals surface area contributed by atoms with E-state index < -0.39 is 0 Å². The molecule has 1 aromatic carbocycles. The first kappa shape index (κ1) is 21.7. The van der Waals surface area contributed by atoms with E-state index in [-0.39, 0.29) is 0 Å². The van der Waals surface area contributed by atoms with Gasteiger partial charge in [-0.25, -0.2) is 4.99 Å². The van der Waals surface area contributed by atoms with Crippen molar-refractivity contribution in [3.8, 4) is 0 Å². The molecule has 1 saturated heterocycles. The maximum Gasteiger partial charge on any atom is 0.191 e. The second-order valence-electron chi connectivity index (χ2n) is 6.73. The molecule has 0 bridgehead atoms. The molecule has 27 heavy (non-hydrogen) atoms. The van der Waals surface area contributed by atoms with Gasteiger partial charge >= 0.3 is 0 Å². The standard InChI is InChI=1S/C21H36N4O2/c1-3-22-21(23-11-5-6-14-26-4-2)24-17-19-7-9-20(10-8-19)18-25-12-15-27-16-13-25/h7-10H,3-6,11-18H2,1-2H3,(H2,22,23,24). The van der Waals surface area contributed by atoms with E-state index in [1.165, 1.54) is 11.1 Å². The lowest BCUT2D eigenvalue weighted by atomic mass is 10.1. The summed E-state index contributed by atoms with van der Waals surface area (Å²) < 4.78 is 10.8. The van der Waals surface area contributed by atoms with Crippen LogP contribution in [0.3, 0.4) is 0 Å². The van der Waals surface area contributed by atoms with Gasteiger partial charge in [0.05, 0.1) is 19.8 Å². The Morgan fingerprint density at radius 1 is 1.07 bits per heavy atom. The van der Waals surface area contributed by atoms with E-state index in [1.807, 2.05) is 6.92 Å². The van der Waals surface area contributed by atoms with Crippen molar-refractivity contribution in [2.75, 3.05) is 52.6 Å². The lowest BCUT2D eigenvalue weighted by Gasteiger charge is -2.26. The van der Waals surface area contributed by atoms with Gasteiger partial charge in [-0.3, -0.25) is 4.90 Å². The summed E-state index contributed by atoms with van der Waals surface area (Å²) in [4.78, 5) is 7.14. The highest BCUT2D eigenvalue weighted by molar-refractivity contribution is 5.79. The molecule has 1 heterocycles. The van der Waals surface area contributed by atoms with Crippen molar-refractivity contribution in [1.29, 1.82) is 0 Å². The van der Waals surface area contributed by atoms with E-state index in [1.54, 1.807) is 0 Å². The molecule has 1 aliphatic heterocycles. The van der Waals surface area contributed by atoms with Gasteiger partial charge in [-0.1, -0.05) is 24.3 Å². The summed E-state index contributed by atoms with van der Waals surface area (Å²) in [6.45, 7) is 13.0. The fraction of sp³-hybridized carbons (Fsp3) is 0.667. The Balaban J connectivity index is 1.74. The van der Waals surface area contributed by atoms with E-state index in [0.29, 0.717) is 6.54 Å². The van der Waals surface area contributed by atoms with Gasteiger partial charge < -0.3 is 20.1 Å². The molecule has 1 aliphatic rings. The van der Waals surface area contributed by atoms with Crippen LogP contribution in [-0.2, 0) is 22.6 Å². The zero-order valence-corrected chi connectivity index (χ0v) is 17.0. The number of guanidine groups is 1. The quantitative estimate of drug-likeness (QED) is 0.353. The number of aliphatic imine (C=N–C) groups is 1. The number of hydrogen-bond acceptors (Lipinski definition) is 4. The lowest BCUT2D eigenvalue weighted by Crippen LogP contribution is -2.37. The second-order valence-corrected chi connectivity index (χ2v) is 6.73. The molecule has 6 heteroatoms. The highest BCUT2D eigenvalue weighted by Crippen LogP contribution is 2.10. The van der Waals surface area contributed by atoms with Gasteiger partial charge in [0.15, 0.2) is 5.96 Å². The average molecular weight is 377 g/mol. The van der Waals surface area contributed by atoms with Crippen molar-refractivity contribution in [3.63, 3.8) is 0 Å². The molecule has 0 radical (unpaired) electrons. The number of nitrogens with one attached hydrogen (secondary N) is 2. The van der Waals surface area contributed by atoms with Crippen LogP contribution in [0.5, 0.6) is 0 Å². The molecule has 0 unspecified atom stereocenters. The minimum absolute atomic E-state index is 0.687. The van der Waals surface area contributed by atoms with Gasteiger partial charge in [-0.15, -0.1) is 0 Å². The normalized spacial score (nSPS) is 15.7. The van der Waals surface area contributed by atoms with Crippen LogP contribution in [0.15, 0.2) is 29.3 Å². The predicted octanol–water partition coefficient (Wildman–Crippen LogP) is 2.39. The third kappa shape index (κ3) is 9.22. The summed E-state index contributed by atoms with van der Waals surface area (Å²) in [6, 6.07) is 8.80. The van der Waals surface area contributed by atoms with Crippen LogP contribution in [0.25, 0.3) is 0 Å². The van der Waals surface area contributed by atoms with Crippen molar-refractivity contribution in [2.24, 2.45) is 4.99 Å². The van der Waals surface area contributed by atoms with Crippen LogP contribution in [0.1, 0.15) is 37.8 Å². The maximum atomic E-state index is 5.41. The molecular weight excluding hydrogens is 340 g/mol. The zero-order chi connectivity index (χ0) is 19.2. The molecule has 1 fully saturated rings. The highest BCUT2D eigenvalue weighted by Gasteiger charge is 2.10. The van der Waals surface area contributed by atoms with Gasteiger partial charge in [0.25, 0.3) is 0 Å². The van der Waals surface area contributed by atoms with E-state index >= 15 is 0 Å². The molecule has 0 aromatic heterocycles. The minimum Gasteiger partial charge on any atom is -0.382 e.